The van der Waals surface area contributed by atoms with Crippen LogP contribution in [0.5, 0.6) is 0 Å². The van der Waals surface area contributed by atoms with E-state index in [9.17, 15) is 9.90 Å². The number of carbonyl (C=O) groups excluding carboxylic acids is 1. The molecule has 5 nitrogen and oxygen atoms in total. The SMILES string of the molecule is Cn1cc(C(=O)NCC2CCCC(O)C2)c(-c2ccccc2Cl)n1. The number of nitrogens with one attached hydrogen (secondary N) is 1. The van der Waals surface area contributed by atoms with Crippen molar-refractivity contribution in [2.24, 2.45) is 13.0 Å². The van der Waals surface area contributed by atoms with Crippen molar-refractivity contribution in [3.05, 3.63) is 41.0 Å². The Labute approximate surface area is 146 Å². The summed E-state index contributed by atoms with van der Waals surface area (Å²) < 4.78 is 1.62. The normalized spacial score (nSPS) is 20.8. The summed E-state index contributed by atoms with van der Waals surface area (Å²) in [5, 5.41) is 17.7. The molecule has 0 aliphatic heterocycles. The van der Waals surface area contributed by atoms with Crippen molar-refractivity contribution in [2.45, 2.75) is 31.8 Å². The average molecular weight is 348 g/mol. The molecule has 1 aliphatic carbocycles. The van der Waals surface area contributed by atoms with Gasteiger partial charge in [0.25, 0.3) is 5.91 Å². The molecule has 1 saturated carbocycles. The smallest absolute Gasteiger partial charge is 0.255 e. The van der Waals surface area contributed by atoms with Gasteiger partial charge in [0.2, 0.25) is 0 Å². The van der Waals surface area contributed by atoms with Gasteiger partial charge in [-0.05, 0) is 31.2 Å². The van der Waals surface area contributed by atoms with E-state index in [0.29, 0.717) is 28.7 Å². The minimum atomic E-state index is -0.238. The van der Waals surface area contributed by atoms with Crippen LogP contribution in [0.15, 0.2) is 30.5 Å². The summed E-state index contributed by atoms with van der Waals surface area (Å²) in [5.41, 5.74) is 1.85. The average Bonchev–Trinajstić information content (AvgIpc) is 2.95. The van der Waals surface area contributed by atoms with Crippen LogP contribution in [0.4, 0.5) is 0 Å². The number of aliphatic hydroxyl groups excluding tert-OH is 1. The first-order valence-corrected chi connectivity index (χ1v) is 8.67. The number of amides is 1. The van der Waals surface area contributed by atoms with Gasteiger partial charge in [0, 0.05) is 25.4 Å². The first kappa shape index (κ1) is 17.0. The second-order valence-corrected chi connectivity index (χ2v) is 6.85. The van der Waals surface area contributed by atoms with Gasteiger partial charge < -0.3 is 10.4 Å². The number of rotatable bonds is 4. The minimum absolute atomic E-state index is 0.155. The van der Waals surface area contributed by atoms with Crippen molar-refractivity contribution < 1.29 is 9.90 Å². The molecule has 0 spiro atoms. The summed E-state index contributed by atoms with van der Waals surface area (Å²) >= 11 is 6.25. The molecular weight excluding hydrogens is 326 g/mol. The van der Waals surface area contributed by atoms with Crippen LogP contribution in [0.2, 0.25) is 5.02 Å². The Kier molecular flexibility index (Phi) is 5.21. The molecule has 2 unspecified atom stereocenters. The molecule has 2 aromatic rings. The summed E-state index contributed by atoms with van der Waals surface area (Å²) in [6, 6.07) is 7.37. The third kappa shape index (κ3) is 3.79. The van der Waals surface area contributed by atoms with Crippen LogP contribution < -0.4 is 5.32 Å². The summed E-state index contributed by atoms with van der Waals surface area (Å²) in [5.74, 6) is 0.177. The number of hydrogen-bond donors (Lipinski definition) is 2. The van der Waals surface area contributed by atoms with Crippen LogP contribution in [-0.4, -0.2) is 33.4 Å². The van der Waals surface area contributed by atoms with Crippen LogP contribution in [-0.2, 0) is 7.05 Å². The monoisotopic (exact) mass is 347 g/mol. The zero-order valence-corrected chi connectivity index (χ0v) is 14.5. The minimum Gasteiger partial charge on any atom is -0.393 e. The van der Waals surface area contributed by atoms with E-state index in [-0.39, 0.29) is 12.0 Å². The Morgan fingerprint density at radius 1 is 1.42 bits per heavy atom. The summed E-state index contributed by atoms with van der Waals surface area (Å²) in [6.45, 7) is 0.576. The number of halogens is 1. The molecule has 128 valence electrons. The second-order valence-electron chi connectivity index (χ2n) is 6.44. The highest BCUT2D eigenvalue weighted by Crippen LogP contribution is 2.29. The Hall–Kier alpha value is -1.85. The number of aliphatic hydroxyl groups is 1. The largest absolute Gasteiger partial charge is 0.393 e. The van der Waals surface area contributed by atoms with E-state index < -0.39 is 0 Å². The molecule has 1 aliphatic rings. The van der Waals surface area contributed by atoms with E-state index in [1.807, 2.05) is 18.2 Å². The standard InChI is InChI=1S/C18H22ClN3O2/c1-22-11-15(17(21-22)14-7-2-3-8-16(14)19)18(24)20-10-12-5-4-6-13(23)9-12/h2-3,7-8,11-13,23H,4-6,9-10H2,1H3,(H,20,24). The number of nitrogens with zero attached hydrogens (tertiary/aromatic N) is 2. The highest BCUT2D eigenvalue weighted by molar-refractivity contribution is 6.33. The molecule has 2 N–H and O–H groups in total. The van der Waals surface area contributed by atoms with Crippen LogP contribution in [0.3, 0.4) is 0 Å². The maximum Gasteiger partial charge on any atom is 0.255 e. The van der Waals surface area contributed by atoms with Crippen molar-refractivity contribution in [1.82, 2.24) is 15.1 Å². The van der Waals surface area contributed by atoms with E-state index in [0.717, 1.165) is 31.2 Å². The highest BCUT2D eigenvalue weighted by atomic mass is 35.5. The lowest BCUT2D eigenvalue weighted by atomic mass is 9.87. The van der Waals surface area contributed by atoms with Gasteiger partial charge in [0.1, 0.15) is 5.69 Å². The fourth-order valence-corrected chi connectivity index (χ4v) is 3.51. The Morgan fingerprint density at radius 2 is 2.21 bits per heavy atom. The van der Waals surface area contributed by atoms with Crippen molar-refractivity contribution >= 4 is 17.5 Å². The molecule has 1 fully saturated rings. The third-order valence-electron chi connectivity index (χ3n) is 4.51. The predicted octanol–water partition coefficient (Wildman–Crippen LogP) is 3.02. The first-order chi connectivity index (χ1) is 11.5. The molecule has 1 aromatic carbocycles. The Bertz CT molecular complexity index is 729. The first-order valence-electron chi connectivity index (χ1n) is 8.29. The molecule has 0 bridgehead atoms. The topological polar surface area (TPSA) is 67.2 Å². The zero-order chi connectivity index (χ0) is 17.1. The fourth-order valence-electron chi connectivity index (χ4n) is 3.29. The molecule has 1 aromatic heterocycles. The van der Waals surface area contributed by atoms with Crippen molar-refractivity contribution in [3.63, 3.8) is 0 Å². The number of aromatic nitrogens is 2. The lowest BCUT2D eigenvalue weighted by Crippen LogP contribution is -2.33. The Balaban J connectivity index is 1.75. The van der Waals surface area contributed by atoms with E-state index in [2.05, 4.69) is 10.4 Å². The summed E-state index contributed by atoms with van der Waals surface area (Å²) in [6.07, 6.45) is 5.15. The second kappa shape index (κ2) is 7.36. The lowest BCUT2D eigenvalue weighted by molar-refractivity contribution is 0.0874. The van der Waals surface area contributed by atoms with Gasteiger partial charge in [-0.3, -0.25) is 9.48 Å². The van der Waals surface area contributed by atoms with Crippen LogP contribution in [0.25, 0.3) is 11.3 Å². The molecule has 3 rings (SSSR count). The number of aryl methyl sites for hydroxylation is 1. The lowest BCUT2D eigenvalue weighted by Gasteiger charge is -2.25. The van der Waals surface area contributed by atoms with Gasteiger partial charge in [-0.2, -0.15) is 5.10 Å². The Morgan fingerprint density at radius 3 is 2.96 bits per heavy atom. The van der Waals surface area contributed by atoms with Gasteiger partial charge in [-0.25, -0.2) is 0 Å². The molecule has 24 heavy (non-hydrogen) atoms. The van der Waals surface area contributed by atoms with Crippen LogP contribution in [0, 0.1) is 5.92 Å². The zero-order valence-electron chi connectivity index (χ0n) is 13.7. The van der Waals surface area contributed by atoms with Crippen molar-refractivity contribution in [3.8, 4) is 11.3 Å². The van der Waals surface area contributed by atoms with E-state index in [1.54, 1.807) is 24.0 Å². The maximum atomic E-state index is 12.6. The quantitative estimate of drug-likeness (QED) is 0.893. The van der Waals surface area contributed by atoms with E-state index in [1.165, 1.54) is 0 Å². The van der Waals surface area contributed by atoms with Crippen LogP contribution >= 0.6 is 11.6 Å². The van der Waals surface area contributed by atoms with Gasteiger partial charge in [0.05, 0.1) is 16.7 Å². The molecular formula is C18H22ClN3O2. The molecule has 0 radical (unpaired) electrons. The maximum absolute atomic E-state index is 12.6. The fraction of sp³-hybridized carbons (Fsp3) is 0.444. The van der Waals surface area contributed by atoms with E-state index in [4.69, 9.17) is 11.6 Å². The molecule has 2 atom stereocenters. The van der Waals surface area contributed by atoms with Crippen molar-refractivity contribution in [1.29, 1.82) is 0 Å². The van der Waals surface area contributed by atoms with Gasteiger partial charge in [0.15, 0.2) is 0 Å². The third-order valence-corrected chi connectivity index (χ3v) is 4.84. The van der Waals surface area contributed by atoms with Gasteiger partial charge >= 0.3 is 0 Å². The number of benzene rings is 1. The summed E-state index contributed by atoms with van der Waals surface area (Å²) in [7, 11) is 1.79. The highest BCUT2D eigenvalue weighted by Gasteiger charge is 2.23. The molecule has 6 heteroatoms. The molecule has 0 saturated heterocycles. The molecule has 1 amide bonds. The predicted molar refractivity (Wildman–Crippen MR) is 94.0 cm³/mol. The molecule has 1 heterocycles. The number of hydrogen-bond acceptors (Lipinski definition) is 3. The summed E-state index contributed by atoms with van der Waals surface area (Å²) in [4.78, 5) is 12.6. The van der Waals surface area contributed by atoms with Crippen molar-refractivity contribution in [2.75, 3.05) is 6.54 Å². The van der Waals surface area contributed by atoms with Gasteiger partial charge in [-0.1, -0.05) is 36.2 Å². The van der Waals surface area contributed by atoms with Gasteiger partial charge in [-0.15, -0.1) is 0 Å². The number of carbonyl (C=O) groups is 1. The van der Waals surface area contributed by atoms with E-state index >= 15 is 0 Å². The van der Waals surface area contributed by atoms with Crippen LogP contribution in [0.1, 0.15) is 36.0 Å².